The average molecular weight is 319 g/mol. The second-order valence-corrected chi connectivity index (χ2v) is 6.26. The zero-order valence-corrected chi connectivity index (χ0v) is 13.6. The van der Waals surface area contributed by atoms with Gasteiger partial charge in [-0.3, -0.25) is 0 Å². The fraction of sp³-hybridized carbons (Fsp3) is 0.278. The highest BCUT2D eigenvalue weighted by atomic mass is 35.5. The van der Waals surface area contributed by atoms with Gasteiger partial charge in [0.25, 0.3) is 0 Å². The fourth-order valence-corrected chi connectivity index (χ4v) is 2.53. The highest BCUT2D eigenvalue weighted by Crippen LogP contribution is 2.33. The third-order valence-corrected chi connectivity index (χ3v) is 4.12. The summed E-state index contributed by atoms with van der Waals surface area (Å²) in [7, 11) is 0. The molecule has 4 heteroatoms. The van der Waals surface area contributed by atoms with Gasteiger partial charge in [0, 0.05) is 10.6 Å². The third kappa shape index (κ3) is 3.16. The van der Waals surface area contributed by atoms with Crippen LogP contribution in [0.2, 0.25) is 5.02 Å². The lowest BCUT2D eigenvalue weighted by molar-refractivity contribution is -0.157. The zero-order chi connectivity index (χ0) is 16.5. The smallest absolute Gasteiger partial charge is 0.340 e. The Morgan fingerprint density at radius 3 is 2.41 bits per heavy atom. The maximum absolute atomic E-state index is 11.1. The molecule has 2 rings (SSSR count). The maximum atomic E-state index is 11.1. The summed E-state index contributed by atoms with van der Waals surface area (Å²) in [6, 6.07) is 12.9. The van der Waals surface area contributed by atoms with Gasteiger partial charge in [-0.2, -0.15) is 0 Å². The van der Waals surface area contributed by atoms with E-state index in [0.717, 1.165) is 11.1 Å². The lowest BCUT2D eigenvalue weighted by atomic mass is 9.92. The second kappa shape index (κ2) is 6.11. The van der Waals surface area contributed by atoms with Crippen LogP contribution in [-0.2, 0) is 10.4 Å². The topological polar surface area (TPSA) is 57.5 Å². The molecule has 0 aliphatic carbocycles. The van der Waals surface area contributed by atoms with E-state index in [1.807, 2.05) is 12.1 Å². The number of aliphatic hydroxyl groups is 1. The van der Waals surface area contributed by atoms with Gasteiger partial charge in [0.1, 0.15) is 0 Å². The van der Waals surface area contributed by atoms with Gasteiger partial charge in [0.15, 0.2) is 5.60 Å². The molecule has 2 aromatic rings. The van der Waals surface area contributed by atoms with Crippen molar-refractivity contribution in [1.82, 2.24) is 0 Å². The Hall–Kier alpha value is -1.84. The van der Waals surface area contributed by atoms with Crippen molar-refractivity contribution >= 4 is 17.6 Å². The first-order valence-electron chi connectivity index (χ1n) is 7.09. The van der Waals surface area contributed by atoms with Crippen LogP contribution in [0.5, 0.6) is 0 Å². The molecule has 0 spiro atoms. The number of carboxylic acid groups (broad SMARTS) is 1. The van der Waals surface area contributed by atoms with Crippen LogP contribution in [0.15, 0.2) is 42.5 Å². The summed E-state index contributed by atoms with van der Waals surface area (Å²) in [6.45, 7) is 5.47. The molecule has 22 heavy (non-hydrogen) atoms. The van der Waals surface area contributed by atoms with Crippen molar-refractivity contribution < 1.29 is 15.0 Å². The van der Waals surface area contributed by atoms with E-state index in [1.54, 1.807) is 12.1 Å². The third-order valence-electron chi connectivity index (χ3n) is 3.81. The number of hydrogen-bond donors (Lipinski definition) is 2. The molecule has 0 radical (unpaired) electrons. The van der Waals surface area contributed by atoms with Crippen molar-refractivity contribution in [2.75, 3.05) is 0 Å². The van der Waals surface area contributed by atoms with E-state index in [2.05, 4.69) is 26.0 Å². The van der Waals surface area contributed by atoms with Crippen LogP contribution in [-0.4, -0.2) is 16.2 Å². The van der Waals surface area contributed by atoms with Crippen LogP contribution in [0.3, 0.4) is 0 Å². The van der Waals surface area contributed by atoms with Crippen molar-refractivity contribution in [3.8, 4) is 11.1 Å². The van der Waals surface area contributed by atoms with E-state index >= 15 is 0 Å². The molecule has 0 heterocycles. The first-order chi connectivity index (χ1) is 10.2. The number of benzene rings is 2. The Labute approximate surface area is 135 Å². The Balaban J connectivity index is 2.47. The van der Waals surface area contributed by atoms with Crippen molar-refractivity contribution in [3.05, 3.63) is 58.6 Å². The van der Waals surface area contributed by atoms with E-state index in [0.29, 0.717) is 10.9 Å². The maximum Gasteiger partial charge on any atom is 0.340 e. The number of rotatable bonds is 4. The first kappa shape index (κ1) is 16.5. The molecule has 0 aliphatic heterocycles. The first-order valence-corrected chi connectivity index (χ1v) is 7.47. The molecular weight excluding hydrogens is 300 g/mol. The molecule has 2 aromatic carbocycles. The summed E-state index contributed by atoms with van der Waals surface area (Å²) < 4.78 is 0. The van der Waals surface area contributed by atoms with Crippen LogP contribution in [0.4, 0.5) is 0 Å². The molecule has 0 amide bonds. The molecule has 1 unspecified atom stereocenters. The predicted molar refractivity (Wildman–Crippen MR) is 88.2 cm³/mol. The Morgan fingerprint density at radius 1 is 1.18 bits per heavy atom. The summed E-state index contributed by atoms with van der Waals surface area (Å²) in [6.07, 6.45) is 0. The summed E-state index contributed by atoms with van der Waals surface area (Å²) >= 11 is 6.30. The molecule has 0 aliphatic rings. The van der Waals surface area contributed by atoms with Crippen LogP contribution in [0.1, 0.15) is 37.8 Å². The minimum absolute atomic E-state index is 0.258. The summed E-state index contributed by atoms with van der Waals surface area (Å²) in [4.78, 5) is 11.1. The molecule has 0 fully saturated rings. The fourth-order valence-electron chi connectivity index (χ4n) is 2.24. The Kier molecular flexibility index (Phi) is 4.59. The number of hydrogen-bond acceptors (Lipinski definition) is 2. The standard InChI is InChI=1S/C18H19ClO3/c1-11(2)12-5-4-6-13(9-12)15-8-7-14(10-16(15)19)18(3,22)17(20)21/h4-11,22H,1-3H3,(H,20,21). The van der Waals surface area contributed by atoms with E-state index in [9.17, 15) is 9.90 Å². The highest BCUT2D eigenvalue weighted by molar-refractivity contribution is 6.33. The summed E-state index contributed by atoms with van der Waals surface area (Å²) in [5.41, 5.74) is 1.29. The zero-order valence-electron chi connectivity index (χ0n) is 12.8. The van der Waals surface area contributed by atoms with Crippen LogP contribution in [0.25, 0.3) is 11.1 Å². The minimum Gasteiger partial charge on any atom is -0.479 e. The van der Waals surface area contributed by atoms with Crippen LogP contribution >= 0.6 is 11.6 Å². The molecule has 116 valence electrons. The number of carboxylic acids is 1. The molecule has 2 N–H and O–H groups in total. The van der Waals surface area contributed by atoms with Crippen molar-refractivity contribution in [3.63, 3.8) is 0 Å². The van der Waals surface area contributed by atoms with E-state index in [-0.39, 0.29) is 5.56 Å². The number of carbonyl (C=O) groups is 1. The SMILES string of the molecule is CC(C)c1cccc(-c2ccc(C(C)(O)C(=O)O)cc2Cl)c1. The van der Waals surface area contributed by atoms with Crippen molar-refractivity contribution in [2.24, 2.45) is 0 Å². The monoisotopic (exact) mass is 318 g/mol. The molecule has 0 saturated heterocycles. The predicted octanol–water partition coefficient (Wildman–Crippen LogP) is 4.42. The largest absolute Gasteiger partial charge is 0.479 e. The summed E-state index contributed by atoms with van der Waals surface area (Å²) in [5, 5.41) is 19.5. The molecule has 3 nitrogen and oxygen atoms in total. The Bertz CT molecular complexity index is 705. The normalized spacial score (nSPS) is 13.9. The van der Waals surface area contributed by atoms with Crippen molar-refractivity contribution in [1.29, 1.82) is 0 Å². The lowest BCUT2D eigenvalue weighted by Crippen LogP contribution is -2.31. The molecule has 1 atom stereocenters. The van der Waals surface area contributed by atoms with Gasteiger partial charge >= 0.3 is 5.97 Å². The molecule has 0 bridgehead atoms. The molecular formula is C18H19ClO3. The van der Waals surface area contributed by atoms with Gasteiger partial charge < -0.3 is 10.2 Å². The van der Waals surface area contributed by atoms with Gasteiger partial charge in [-0.1, -0.05) is 61.8 Å². The van der Waals surface area contributed by atoms with Crippen LogP contribution in [0, 0.1) is 0 Å². The van der Waals surface area contributed by atoms with E-state index in [1.165, 1.54) is 18.6 Å². The quantitative estimate of drug-likeness (QED) is 0.877. The molecule has 0 saturated carbocycles. The average Bonchev–Trinajstić information content (AvgIpc) is 2.47. The lowest BCUT2D eigenvalue weighted by Gasteiger charge is -2.19. The Morgan fingerprint density at radius 2 is 1.86 bits per heavy atom. The van der Waals surface area contributed by atoms with Gasteiger partial charge in [0.2, 0.25) is 0 Å². The van der Waals surface area contributed by atoms with Gasteiger partial charge in [-0.05, 0) is 35.6 Å². The van der Waals surface area contributed by atoms with E-state index in [4.69, 9.17) is 16.7 Å². The van der Waals surface area contributed by atoms with Crippen molar-refractivity contribution in [2.45, 2.75) is 32.3 Å². The highest BCUT2D eigenvalue weighted by Gasteiger charge is 2.32. The van der Waals surface area contributed by atoms with Gasteiger partial charge in [-0.25, -0.2) is 4.79 Å². The van der Waals surface area contributed by atoms with E-state index < -0.39 is 11.6 Å². The molecule has 0 aromatic heterocycles. The van der Waals surface area contributed by atoms with Gasteiger partial charge in [-0.15, -0.1) is 0 Å². The number of halogens is 1. The second-order valence-electron chi connectivity index (χ2n) is 5.85. The summed E-state index contributed by atoms with van der Waals surface area (Å²) in [5.74, 6) is -0.899. The van der Waals surface area contributed by atoms with Gasteiger partial charge in [0.05, 0.1) is 0 Å². The number of aliphatic carboxylic acids is 1. The minimum atomic E-state index is -1.96. The van der Waals surface area contributed by atoms with Crippen LogP contribution < -0.4 is 0 Å².